The number of hydrogen-bond donors (Lipinski definition) is 0. The van der Waals surface area contributed by atoms with E-state index < -0.39 is 0 Å². The van der Waals surface area contributed by atoms with Crippen LogP contribution in [0.4, 0.5) is 0 Å². The standard InChI is InChI=1S/C35H71IN6O3/c1-30(2)40-19-12-17-34(28-40,25-38(7)8)44-22-14-32(4)42-21-13-18-35(29-42,26-39(9)36)45-23-15-31(3)41-20-11-16-33(27-41,43-10)24-37(5)6/h30-32H,11-29H2,1-10H3/t31?,32?,33-,34?,35+/m1/s1. The zero-order valence-electron chi connectivity index (χ0n) is 31.0. The normalized spacial score (nSPS) is 31.0. The van der Waals surface area contributed by atoms with E-state index in [1.54, 1.807) is 0 Å². The van der Waals surface area contributed by atoms with Crippen LogP contribution in [0.25, 0.3) is 0 Å². The highest BCUT2D eigenvalue weighted by molar-refractivity contribution is 14.1. The van der Waals surface area contributed by atoms with E-state index in [4.69, 9.17) is 14.2 Å². The summed E-state index contributed by atoms with van der Waals surface area (Å²) >= 11 is 2.44. The predicted molar refractivity (Wildman–Crippen MR) is 197 cm³/mol. The van der Waals surface area contributed by atoms with Gasteiger partial charge in [0.1, 0.15) is 0 Å². The fourth-order valence-electron chi connectivity index (χ4n) is 8.34. The lowest BCUT2D eigenvalue weighted by Crippen LogP contribution is -2.58. The molecule has 3 rings (SSSR count). The molecule has 266 valence electrons. The third-order valence-corrected chi connectivity index (χ3v) is 11.1. The SMILES string of the molecule is CO[C@@]1(CN(C)C)CCCN(C(C)CCO[C@]2(CN(C)I)CCCN(C(C)CCOC3(CN(C)C)CCCN(C(C)C)C3)C2)C1. The molecule has 3 saturated heterocycles. The number of ether oxygens (including phenoxy) is 3. The van der Waals surface area contributed by atoms with Crippen molar-refractivity contribution in [1.82, 2.24) is 27.6 Å². The number of piperidine rings is 3. The van der Waals surface area contributed by atoms with Crippen molar-refractivity contribution < 1.29 is 14.2 Å². The van der Waals surface area contributed by atoms with Crippen LogP contribution in [-0.2, 0) is 14.2 Å². The summed E-state index contributed by atoms with van der Waals surface area (Å²) in [4.78, 5) is 12.5. The molecule has 0 aliphatic carbocycles. The minimum Gasteiger partial charge on any atom is -0.376 e. The van der Waals surface area contributed by atoms with E-state index in [-0.39, 0.29) is 16.8 Å². The number of likely N-dealkylation sites (tertiary alicyclic amines) is 3. The predicted octanol–water partition coefficient (Wildman–Crippen LogP) is 4.54. The monoisotopic (exact) mass is 750 g/mol. The topological polar surface area (TPSA) is 47.1 Å². The number of methoxy groups -OCH3 is 1. The molecule has 0 radical (unpaired) electrons. The zero-order chi connectivity index (χ0) is 33.3. The molecule has 3 fully saturated rings. The minimum absolute atomic E-state index is 0.0646. The highest BCUT2D eigenvalue weighted by Crippen LogP contribution is 2.32. The molecule has 0 bridgehead atoms. The highest BCUT2D eigenvalue weighted by Gasteiger charge is 2.41. The van der Waals surface area contributed by atoms with Gasteiger partial charge in [0.2, 0.25) is 0 Å². The Labute approximate surface area is 292 Å². The number of likely N-dealkylation sites (N-methyl/N-ethyl adjacent to an activating group) is 3. The Hall–Kier alpha value is 0.370. The van der Waals surface area contributed by atoms with Crippen LogP contribution in [0.3, 0.4) is 0 Å². The molecule has 45 heavy (non-hydrogen) atoms. The van der Waals surface area contributed by atoms with Crippen LogP contribution in [0.1, 0.15) is 79.1 Å². The summed E-state index contributed by atoms with van der Waals surface area (Å²) in [6.07, 6.45) is 9.14. The van der Waals surface area contributed by atoms with Crippen molar-refractivity contribution in [2.45, 2.75) is 114 Å². The lowest BCUT2D eigenvalue weighted by Gasteiger charge is -2.47. The molecule has 10 heteroatoms. The molecule has 0 N–H and O–H groups in total. The van der Waals surface area contributed by atoms with Gasteiger partial charge in [0.25, 0.3) is 0 Å². The van der Waals surface area contributed by atoms with Gasteiger partial charge >= 0.3 is 0 Å². The summed E-state index contributed by atoms with van der Waals surface area (Å²) in [6, 6.07) is 1.52. The van der Waals surface area contributed by atoms with Crippen LogP contribution in [0.5, 0.6) is 0 Å². The van der Waals surface area contributed by atoms with Crippen LogP contribution < -0.4 is 0 Å². The van der Waals surface area contributed by atoms with Gasteiger partial charge in [-0.3, -0.25) is 14.7 Å². The summed E-state index contributed by atoms with van der Waals surface area (Å²) < 4.78 is 22.2. The molecule has 5 atom stereocenters. The van der Waals surface area contributed by atoms with Gasteiger partial charge in [-0.1, -0.05) is 0 Å². The van der Waals surface area contributed by atoms with E-state index in [0.717, 1.165) is 97.7 Å². The first-order valence-corrected chi connectivity index (χ1v) is 18.9. The Balaban J connectivity index is 1.55. The maximum atomic E-state index is 6.96. The second-order valence-corrected chi connectivity index (χ2v) is 17.4. The first kappa shape index (κ1) is 39.8. The van der Waals surface area contributed by atoms with Gasteiger partial charge in [0.15, 0.2) is 0 Å². The zero-order valence-corrected chi connectivity index (χ0v) is 33.1. The summed E-state index contributed by atoms with van der Waals surface area (Å²) in [5.74, 6) is 0. The maximum Gasteiger partial charge on any atom is 0.0943 e. The van der Waals surface area contributed by atoms with E-state index in [1.807, 2.05) is 7.11 Å². The van der Waals surface area contributed by atoms with Crippen LogP contribution in [0.2, 0.25) is 0 Å². The molecule has 3 aliphatic heterocycles. The Kier molecular flexibility index (Phi) is 16.3. The van der Waals surface area contributed by atoms with Crippen molar-refractivity contribution in [2.24, 2.45) is 0 Å². The summed E-state index contributed by atoms with van der Waals surface area (Å²) in [6.45, 7) is 20.5. The third-order valence-electron chi connectivity index (χ3n) is 10.7. The summed E-state index contributed by atoms with van der Waals surface area (Å²) in [5.41, 5.74) is -0.257. The molecule has 0 aromatic rings. The van der Waals surface area contributed by atoms with Gasteiger partial charge in [0.05, 0.1) is 16.8 Å². The van der Waals surface area contributed by atoms with Crippen molar-refractivity contribution in [3.8, 4) is 0 Å². The first-order chi connectivity index (χ1) is 21.2. The third kappa shape index (κ3) is 12.3. The Morgan fingerprint density at radius 3 is 1.47 bits per heavy atom. The fourth-order valence-corrected chi connectivity index (χ4v) is 8.96. The van der Waals surface area contributed by atoms with Crippen molar-refractivity contribution in [1.29, 1.82) is 0 Å². The van der Waals surface area contributed by atoms with Crippen molar-refractivity contribution >= 4 is 22.9 Å². The second kappa shape index (κ2) is 18.4. The summed E-state index contributed by atoms with van der Waals surface area (Å²) in [5, 5.41) is 0. The lowest BCUT2D eigenvalue weighted by molar-refractivity contribution is -0.121. The Bertz CT molecular complexity index is 852. The molecule has 0 saturated carbocycles. The van der Waals surface area contributed by atoms with Gasteiger partial charge in [-0.05, 0) is 134 Å². The van der Waals surface area contributed by atoms with Crippen molar-refractivity contribution in [2.75, 3.05) is 114 Å². The Morgan fingerprint density at radius 1 is 0.622 bits per heavy atom. The minimum atomic E-state index is -0.126. The van der Waals surface area contributed by atoms with E-state index in [2.05, 4.69) is 113 Å². The number of nitrogens with zero attached hydrogens (tertiary/aromatic N) is 6. The second-order valence-electron chi connectivity index (χ2n) is 15.8. The Morgan fingerprint density at radius 2 is 1.02 bits per heavy atom. The van der Waals surface area contributed by atoms with Gasteiger partial charge in [-0.15, -0.1) is 0 Å². The van der Waals surface area contributed by atoms with E-state index >= 15 is 0 Å². The van der Waals surface area contributed by atoms with Gasteiger partial charge < -0.3 is 24.0 Å². The molecule has 0 aromatic heterocycles. The number of hydrogen-bond acceptors (Lipinski definition) is 9. The molecular weight excluding hydrogens is 679 g/mol. The number of halogens is 1. The van der Waals surface area contributed by atoms with Crippen LogP contribution in [0, 0.1) is 0 Å². The summed E-state index contributed by atoms with van der Waals surface area (Å²) in [7, 11) is 12.8. The van der Waals surface area contributed by atoms with Crippen molar-refractivity contribution in [3.63, 3.8) is 0 Å². The van der Waals surface area contributed by atoms with Gasteiger partial charge in [-0.25, -0.2) is 3.11 Å². The van der Waals surface area contributed by atoms with Gasteiger partial charge in [0, 0.05) is 101 Å². The molecule has 3 unspecified atom stereocenters. The molecule has 0 aromatic carbocycles. The lowest BCUT2D eigenvalue weighted by atomic mass is 9.90. The van der Waals surface area contributed by atoms with E-state index in [0.29, 0.717) is 18.1 Å². The smallest absolute Gasteiger partial charge is 0.0943 e. The quantitative estimate of drug-likeness (QED) is 0.149. The molecule has 3 aliphatic rings. The maximum absolute atomic E-state index is 6.96. The average molecular weight is 751 g/mol. The first-order valence-electron chi connectivity index (χ1n) is 17.9. The van der Waals surface area contributed by atoms with E-state index in [1.165, 1.54) is 25.8 Å². The van der Waals surface area contributed by atoms with Crippen LogP contribution in [-0.4, -0.2) is 177 Å². The molecule has 3 heterocycles. The molecular formula is C35H71IN6O3. The largest absolute Gasteiger partial charge is 0.376 e. The molecule has 0 spiro atoms. The van der Waals surface area contributed by atoms with Crippen LogP contribution >= 0.6 is 22.9 Å². The van der Waals surface area contributed by atoms with Gasteiger partial charge in [-0.2, -0.15) is 0 Å². The van der Waals surface area contributed by atoms with E-state index in [9.17, 15) is 0 Å². The average Bonchev–Trinajstić information content (AvgIpc) is 2.96. The van der Waals surface area contributed by atoms with Crippen LogP contribution in [0.15, 0.2) is 0 Å². The fraction of sp³-hybridized carbons (Fsp3) is 1.00. The molecule has 0 amide bonds. The highest BCUT2D eigenvalue weighted by atomic mass is 127. The molecule has 9 nitrogen and oxygen atoms in total. The number of rotatable bonds is 18. The van der Waals surface area contributed by atoms with Crippen molar-refractivity contribution in [3.05, 3.63) is 0 Å².